The molecule has 0 unspecified atom stereocenters. The van der Waals surface area contributed by atoms with Crippen LogP contribution in [0.5, 0.6) is 0 Å². The van der Waals surface area contributed by atoms with Crippen LogP contribution in [-0.2, 0) is 15.6 Å². The first kappa shape index (κ1) is 10.3. The van der Waals surface area contributed by atoms with Crippen molar-refractivity contribution in [1.82, 2.24) is 9.36 Å². The monoisotopic (exact) mass is 220 g/mol. The van der Waals surface area contributed by atoms with Crippen LogP contribution in [0.25, 0.3) is 0 Å². The van der Waals surface area contributed by atoms with E-state index in [1.54, 1.807) is 0 Å². The molecule has 5 nitrogen and oxygen atoms in total. The molecule has 1 aromatic heterocycles. The summed E-state index contributed by atoms with van der Waals surface area (Å²) in [6, 6.07) is 0. The van der Waals surface area contributed by atoms with E-state index in [-0.39, 0.29) is 22.4 Å². The quantitative estimate of drug-likeness (QED) is 0.684. The van der Waals surface area contributed by atoms with E-state index in [0.717, 1.165) is 17.8 Å². The molecule has 0 atom stereocenters. The van der Waals surface area contributed by atoms with E-state index >= 15 is 0 Å². The van der Waals surface area contributed by atoms with Gasteiger partial charge in [-0.25, -0.2) is 13.4 Å². The van der Waals surface area contributed by atoms with Gasteiger partial charge in [0.1, 0.15) is 5.75 Å². The van der Waals surface area contributed by atoms with Crippen molar-refractivity contribution in [1.29, 1.82) is 0 Å². The predicted molar refractivity (Wildman–Crippen MR) is 48.5 cm³/mol. The third-order valence-corrected chi connectivity index (χ3v) is 2.80. The molecule has 0 amide bonds. The van der Waals surface area contributed by atoms with Gasteiger partial charge >= 0.3 is 0 Å². The van der Waals surface area contributed by atoms with Crippen molar-refractivity contribution < 1.29 is 13.2 Å². The van der Waals surface area contributed by atoms with Gasteiger partial charge < -0.3 is 0 Å². The Hall–Kier alpha value is -0.820. The minimum Gasteiger partial charge on any atom is -0.292 e. The van der Waals surface area contributed by atoms with Gasteiger partial charge in [-0.05, 0) is 11.5 Å². The lowest BCUT2D eigenvalue weighted by Crippen LogP contribution is -2.02. The van der Waals surface area contributed by atoms with E-state index in [4.69, 9.17) is 0 Å². The van der Waals surface area contributed by atoms with E-state index in [1.165, 1.54) is 6.92 Å². The van der Waals surface area contributed by atoms with Gasteiger partial charge in [0, 0.05) is 13.2 Å². The number of Topliss-reactive ketones (excluding diaryl/α,β-unsaturated/α-hetero) is 1. The third kappa shape index (κ3) is 3.19. The molecule has 0 aliphatic carbocycles. The summed E-state index contributed by atoms with van der Waals surface area (Å²) in [5.41, 5.74) is 0. The molecule has 0 fully saturated rings. The maximum atomic E-state index is 10.8. The summed E-state index contributed by atoms with van der Waals surface area (Å²) >= 11 is 0.923. The van der Waals surface area contributed by atoms with Crippen LogP contribution < -0.4 is 0 Å². The number of hydrogen-bond donors (Lipinski definition) is 0. The molecule has 0 spiro atoms. The molecule has 0 saturated heterocycles. The molecule has 0 N–H and O–H groups in total. The number of rotatable bonds is 3. The van der Waals surface area contributed by atoms with Crippen molar-refractivity contribution in [2.75, 3.05) is 6.26 Å². The zero-order chi connectivity index (χ0) is 10.1. The Morgan fingerprint density at radius 3 is 2.54 bits per heavy atom. The summed E-state index contributed by atoms with van der Waals surface area (Å²) in [4.78, 5) is 14.6. The van der Waals surface area contributed by atoms with Crippen molar-refractivity contribution in [3.8, 4) is 0 Å². The van der Waals surface area contributed by atoms with Gasteiger partial charge in [-0.15, -0.1) is 0 Å². The second-order valence-electron chi connectivity index (χ2n) is 2.64. The van der Waals surface area contributed by atoms with Crippen LogP contribution in [0.2, 0.25) is 0 Å². The van der Waals surface area contributed by atoms with Crippen molar-refractivity contribution in [3.63, 3.8) is 0 Å². The van der Waals surface area contributed by atoms with Gasteiger partial charge in [-0.3, -0.25) is 4.79 Å². The summed E-state index contributed by atoms with van der Waals surface area (Å²) in [6.07, 6.45) is 1.10. The highest BCUT2D eigenvalue weighted by Crippen LogP contribution is 2.07. The van der Waals surface area contributed by atoms with E-state index < -0.39 is 9.84 Å². The number of sulfone groups is 1. The Morgan fingerprint density at radius 2 is 2.15 bits per heavy atom. The lowest BCUT2D eigenvalue weighted by molar-refractivity contribution is 0.101. The average molecular weight is 220 g/mol. The van der Waals surface area contributed by atoms with Crippen LogP contribution in [-0.4, -0.2) is 29.8 Å². The van der Waals surface area contributed by atoms with Gasteiger partial charge in [0.05, 0.1) is 0 Å². The Bertz CT molecular complexity index is 421. The Labute approximate surface area is 79.9 Å². The van der Waals surface area contributed by atoms with Gasteiger partial charge in [0.2, 0.25) is 0 Å². The number of carbonyl (C=O) groups is 1. The van der Waals surface area contributed by atoms with Crippen LogP contribution in [0.1, 0.15) is 22.6 Å². The smallest absolute Gasteiger partial charge is 0.189 e. The van der Waals surface area contributed by atoms with Gasteiger partial charge in [-0.2, -0.15) is 4.37 Å². The second-order valence-corrected chi connectivity index (χ2v) is 5.53. The van der Waals surface area contributed by atoms with Crippen molar-refractivity contribution in [2.45, 2.75) is 12.7 Å². The maximum absolute atomic E-state index is 10.8. The number of carbonyl (C=O) groups excluding carboxylic acids is 1. The molecule has 0 aromatic carbocycles. The third-order valence-electron chi connectivity index (χ3n) is 1.16. The van der Waals surface area contributed by atoms with E-state index in [9.17, 15) is 13.2 Å². The topological polar surface area (TPSA) is 77.0 Å². The lowest BCUT2D eigenvalue weighted by Gasteiger charge is -1.89. The minimum atomic E-state index is -3.12. The second kappa shape index (κ2) is 3.51. The van der Waals surface area contributed by atoms with E-state index in [1.807, 2.05) is 0 Å². The molecule has 0 bridgehead atoms. The molecule has 0 radical (unpaired) electrons. The zero-order valence-electron chi connectivity index (χ0n) is 7.14. The first-order valence-electron chi connectivity index (χ1n) is 3.40. The van der Waals surface area contributed by atoms with Crippen LogP contribution >= 0.6 is 11.5 Å². The van der Waals surface area contributed by atoms with Gasteiger partial charge in [0.25, 0.3) is 0 Å². The van der Waals surface area contributed by atoms with Crippen LogP contribution in [0, 0.1) is 0 Å². The molecular weight excluding hydrogens is 212 g/mol. The standard InChI is InChI=1S/C6H8N2O3S2/c1-4(9)6-7-5(8-12-6)3-13(2,10)11/h3H2,1-2H3. The number of hydrogen-bond acceptors (Lipinski definition) is 6. The largest absolute Gasteiger partial charge is 0.292 e. The SMILES string of the molecule is CC(=O)c1nc(CS(C)(=O)=O)ns1. The van der Waals surface area contributed by atoms with Gasteiger partial charge in [0.15, 0.2) is 26.5 Å². The summed E-state index contributed by atoms with van der Waals surface area (Å²) in [5.74, 6) is -0.216. The fourth-order valence-corrected chi connectivity index (χ4v) is 1.94. The molecule has 13 heavy (non-hydrogen) atoms. The first-order chi connectivity index (χ1) is 5.88. The summed E-state index contributed by atoms with van der Waals surface area (Å²) in [5, 5.41) is 0.249. The fourth-order valence-electron chi connectivity index (χ4n) is 0.690. The summed E-state index contributed by atoms with van der Waals surface area (Å²) in [7, 11) is -3.12. The molecule has 0 aliphatic heterocycles. The Morgan fingerprint density at radius 1 is 1.54 bits per heavy atom. The Balaban J connectivity index is 2.87. The van der Waals surface area contributed by atoms with Gasteiger partial charge in [-0.1, -0.05) is 0 Å². The van der Waals surface area contributed by atoms with E-state index in [0.29, 0.717) is 0 Å². The summed E-state index contributed by atoms with van der Waals surface area (Å²) in [6.45, 7) is 1.37. The van der Waals surface area contributed by atoms with Crippen molar-refractivity contribution >= 4 is 27.2 Å². The zero-order valence-corrected chi connectivity index (χ0v) is 8.78. The minimum absolute atomic E-state index is 0.192. The van der Waals surface area contributed by atoms with Crippen LogP contribution in [0.4, 0.5) is 0 Å². The highest BCUT2D eigenvalue weighted by molar-refractivity contribution is 7.89. The average Bonchev–Trinajstić information content (AvgIpc) is 2.31. The molecule has 0 saturated carbocycles. The fraction of sp³-hybridized carbons (Fsp3) is 0.500. The van der Waals surface area contributed by atoms with Crippen molar-refractivity contribution in [3.05, 3.63) is 10.8 Å². The van der Waals surface area contributed by atoms with Crippen molar-refractivity contribution in [2.24, 2.45) is 0 Å². The molecule has 1 aromatic rings. The first-order valence-corrected chi connectivity index (χ1v) is 6.23. The lowest BCUT2D eigenvalue weighted by atomic mass is 10.5. The molecule has 7 heteroatoms. The normalized spacial score (nSPS) is 11.5. The summed E-state index contributed by atoms with van der Waals surface area (Å²) < 4.78 is 25.4. The van der Waals surface area contributed by atoms with Crippen LogP contribution in [0.3, 0.4) is 0 Å². The maximum Gasteiger partial charge on any atom is 0.189 e. The molecular formula is C6H8N2O3S2. The molecule has 0 aliphatic rings. The molecule has 1 rings (SSSR count). The Kier molecular flexibility index (Phi) is 2.77. The number of aromatic nitrogens is 2. The molecule has 72 valence electrons. The number of nitrogens with zero attached hydrogens (tertiary/aromatic N) is 2. The highest BCUT2D eigenvalue weighted by atomic mass is 32.2. The van der Waals surface area contributed by atoms with Crippen LogP contribution in [0.15, 0.2) is 0 Å². The number of ketones is 1. The van der Waals surface area contributed by atoms with E-state index in [2.05, 4.69) is 9.36 Å². The molecule has 1 heterocycles. The highest BCUT2D eigenvalue weighted by Gasteiger charge is 2.12. The predicted octanol–water partition coefficient (Wildman–Crippen LogP) is 0.285.